The molecule has 1 aromatic carbocycles. The number of hydrogen-bond acceptors (Lipinski definition) is 4. The van der Waals surface area contributed by atoms with Gasteiger partial charge in [-0.1, -0.05) is 15.9 Å². The maximum absolute atomic E-state index is 11.4. The predicted octanol–water partition coefficient (Wildman–Crippen LogP) is 2.36. The number of carbonyl (C=O) groups is 1. The largest absolute Gasteiger partial charge is 0.354 e. The number of carbonyl (C=O) groups excluding carboxylic acids is 1. The van der Waals surface area contributed by atoms with Crippen LogP contribution in [0.3, 0.4) is 0 Å². The zero-order valence-electron chi connectivity index (χ0n) is 11.5. The summed E-state index contributed by atoms with van der Waals surface area (Å²) in [6.07, 6.45) is 0.383. The van der Waals surface area contributed by atoms with Gasteiger partial charge in [-0.25, -0.2) is 0 Å². The molecule has 1 amide bonds. The lowest BCUT2D eigenvalue weighted by Crippen LogP contribution is -2.32. The van der Waals surface area contributed by atoms with Gasteiger partial charge >= 0.3 is 0 Å². The predicted molar refractivity (Wildman–Crippen MR) is 80.4 cm³/mol. The second kappa shape index (κ2) is 7.96. The Kier molecular flexibility index (Phi) is 6.60. The zero-order valence-corrected chi connectivity index (χ0v) is 13.1. The van der Waals surface area contributed by atoms with Crippen molar-refractivity contribution in [3.05, 3.63) is 38.3 Å². The Balaban J connectivity index is 2.42. The number of rotatable bonds is 7. The molecular formula is C13H18BrN3O3. The third-order valence-corrected chi connectivity index (χ3v) is 2.92. The van der Waals surface area contributed by atoms with Crippen molar-refractivity contribution in [3.63, 3.8) is 0 Å². The Labute approximate surface area is 126 Å². The minimum absolute atomic E-state index is 0.00674. The van der Waals surface area contributed by atoms with Crippen LogP contribution in [0.2, 0.25) is 0 Å². The summed E-state index contributed by atoms with van der Waals surface area (Å²) in [4.78, 5) is 21.7. The van der Waals surface area contributed by atoms with E-state index in [1.807, 2.05) is 19.9 Å². The summed E-state index contributed by atoms with van der Waals surface area (Å²) in [5.41, 5.74) is 0.851. The maximum Gasteiger partial charge on any atom is 0.270 e. The first-order valence-electron chi connectivity index (χ1n) is 6.32. The van der Waals surface area contributed by atoms with Crippen LogP contribution < -0.4 is 10.6 Å². The summed E-state index contributed by atoms with van der Waals surface area (Å²) in [7, 11) is 0. The molecule has 0 radical (unpaired) electrons. The van der Waals surface area contributed by atoms with Gasteiger partial charge < -0.3 is 10.6 Å². The molecule has 1 rings (SSSR count). The van der Waals surface area contributed by atoms with Crippen LogP contribution in [-0.4, -0.2) is 23.4 Å². The third-order valence-electron chi connectivity index (χ3n) is 2.46. The van der Waals surface area contributed by atoms with E-state index < -0.39 is 4.92 Å². The minimum Gasteiger partial charge on any atom is -0.354 e. The molecule has 0 unspecified atom stereocenters. The molecule has 0 saturated carbocycles. The van der Waals surface area contributed by atoms with Gasteiger partial charge in [-0.3, -0.25) is 14.9 Å². The average Bonchev–Trinajstić information content (AvgIpc) is 2.33. The number of benzene rings is 1. The molecule has 0 aliphatic rings. The topological polar surface area (TPSA) is 84.3 Å². The molecule has 1 aromatic rings. The summed E-state index contributed by atoms with van der Waals surface area (Å²) in [6.45, 7) is 4.83. The molecule has 0 aliphatic carbocycles. The number of nitro benzene ring substituents is 1. The lowest BCUT2D eigenvalue weighted by atomic mass is 10.2. The molecule has 0 aliphatic heterocycles. The molecule has 7 heteroatoms. The summed E-state index contributed by atoms with van der Waals surface area (Å²) >= 11 is 3.24. The molecule has 0 bridgehead atoms. The molecular weight excluding hydrogens is 326 g/mol. The highest BCUT2D eigenvalue weighted by molar-refractivity contribution is 9.10. The van der Waals surface area contributed by atoms with Gasteiger partial charge in [0.05, 0.1) is 4.92 Å². The van der Waals surface area contributed by atoms with E-state index in [9.17, 15) is 14.9 Å². The lowest BCUT2D eigenvalue weighted by Gasteiger charge is -2.09. The van der Waals surface area contributed by atoms with Crippen LogP contribution in [0.4, 0.5) is 5.69 Å². The first kappa shape index (κ1) is 16.6. The molecule has 110 valence electrons. The normalized spacial score (nSPS) is 10.6. The SMILES string of the molecule is CC(C)NC(=O)CCNCc1cc(Br)cc([N+](=O)[O-])c1. The fraction of sp³-hybridized carbons (Fsp3) is 0.462. The van der Waals surface area contributed by atoms with E-state index in [0.717, 1.165) is 5.56 Å². The van der Waals surface area contributed by atoms with Crippen molar-refractivity contribution in [2.45, 2.75) is 32.9 Å². The minimum atomic E-state index is -0.426. The number of amides is 1. The standard InChI is InChI=1S/C13H18BrN3O3/c1-9(2)16-13(18)3-4-15-8-10-5-11(14)7-12(6-10)17(19)20/h5-7,9,15H,3-4,8H2,1-2H3,(H,16,18). The molecule has 6 nitrogen and oxygen atoms in total. The monoisotopic (exact) mass is 343 g/mol. The Morgan fingerprint density at radius 2 is 2.10 bits per heavy atom. The summed E-state index contributed by atoms with van der Waals surface area (Å²) in [5, 5.41) is 16.6. The van der Waals surface area contributed by atoms with Crippen LogP contribution in [0.25, 0.3) is 0 Å². The molecule has 0 fully saturated rings. The van der Waals surface area contributed by atoms with Crippen molar-refractivity contribution < 1.29 is 9.72 Å². The van der Waals surface area contributed by atoms with Gasteiger partial charge in [-0.2, -0.15) is 0 Å². The van der Waals surface area contributed by atoms with E-state index >= 15 is 0 Å². The van der Waals surface area contributed by atoms with Gasteiger partial charge in [-0.15, -0.1) is 0 Å². The molecule has 0 saturated heterocycles. The fourth-order valence-electron chi connectivity index (χ4n) is 1.67. The molecule has 0 heterocycles. The van der Waals surface area contributed by atoms with Crippen LogP contribution in [0.15, 0.2) is 22.7 Å². The van der Waals surface area contributed by atoms with Gasteiger partial charge in [0.15, 0.2) is 0 Å². The number of halogens is 1. The van der Waals surface area contributed by atoms with Crippen LogP contribution in [0.1, 0.15) is 25.8 Å². The van der Waals surface area contributed by atoms with Gasteiger partial charge in [0.1, 0.15) is 0 Å². The number of nitrogens with one attached hydrogen (secondary N) is 2. The fourth-order valence-corrected chi connectivity index (χ4v) is 2.20. The van der Waals surface area contributed by atoms with Crippen molar-refractivity contribution in [2.24, 2.45) is 0 Å². The lowest BCUT2D eigenvalue weighted by molar-refractivity contribution is -0.385. The first-order valence-corrected chi connectivity index (χ1v) is 7.11. The smallest absolute Gasteiger partial charge is 0.270 e. The number of non-ortho nitro benzene ring substituents is 1. The number of hydrogen-bond donors (Lipinski definition) is 2. The maximum atomic E-state index is 11.4. The van der Waals surface area contributed by atoms with Crippen LogP contribution >= 0.6 is 15.9 Å². The third kappa shape index (κ3) is 6.12. The first-order chi connectivity index (χ1) is 9.38. The molecule has 0 aromatic heterocycles. The van der Waals surface area contributed by atoms with Crippen molar-refractivity contribution in [2.75, 3.05) is 6.54 Å². The van der Waals surface area contributed by atoms with Crippen molar-refractivity contribution in [1.82, 2.24) is 10.6 Å². The highest BCUT2D eigenvalue weighted by Crippen LogP contribution is 2.21. The molecule has 0 atom stereocenters. The molecule has 20 heavy (non-hydrogen) atoms. The van der Waals surface area contributed by atoms with E-state index in [1.165, 1.54) is 12.1 Å². The Morgan fingerprint density at radius 3 is 2.70 bits per heavy atom. The van der Waals surface area contributed by atoms with Crippen molar-refractivity contribution in [1.29, 1.82) is 0 Å². The van der Waals surface area contributed by atoms with Crippen molar-refractivity contribution >= 4 is 27.5 Å². The summed E-state index contributed by atoms with van der Waals surface area (Å²) in [5.74, 6) is -0.00674. The van der Waals surface area contributed by atoms with E-state index in [4.69, 9.17) is 0 Å². The Hall–Kier alpha value is -1.47. The quantitative estimate of drug-likeness (QED) is 0.452. The van der Waals surface area contributed by atoms with Crippen molar-refractivity contribution in [3.8, 4) is 0 Å². The average molecular weight is 344 g/mol. The van der Waals surface area contributed by atoms with Gasteiger partial charge in [0.2, 0.25) is 5.91 Å². The van der Waals surface area contributed by atoms with Crippen LogP contribution in [0, 0.1) is 10.1 Å². The highest BCUT2D eigenvalue weighted by atomic mass is 79.9. The van der Waals surface area contributed by atoms with Gasteiger partial charge in [0.25, 0.3) is 5.69 Å². The second-order valence-electron chi connectivity index (χ2n) is 4.72. The van der Waals surface area contributed by atoms with Crippen LogP contribution in [-0.2, 0) is 11.3 Å². The Bertz CT molecular complexity index is 492. The summed E-state index contributed by atoms with van der Waals surface area (Å²) < 4.78 is 0.668. The summed E-state index contributed by atoms with van der Waals surface area (Å²) in [6, 6.07) is 4.93. The van der Waals surface area contributed by atoms with E-state index in [0.29, 0.717) is 24.0 Å². The van der Waals surface area contributed by atoms with Crippen LogP contribution in [0.5, 0.6) is 0 Å². The van der Waals surface area contributed by atoms with Gasteiger partial charge in [-0.05, 0) is 25.5 Å². The Morgan fingerprint density at radius 1 is 1.40 bits per heavy atom. The van der Waals surface area contributed by atoms with E-state index in [-0.39, 0.29) is 17.6 Å². The number of nitro groups is 1. The second-order valence-corrected chi connectivity index (χ2v) is 5.64. The zero-order chi connectivity index (χ0) is 15.1. The van der Waals surface area contributed by atoms with Gasteiger partial charge in [0, 0.05) is 42.2 Å². The van der Waals surface area contributed by atoms with E-state index in [2.05, 4.69) is 26.6 Å². The number of nitrogens with zero attached hydrogens (tertiary/aromatic N) is 1. The van der Waals surface area contributed by atoms with E-state index in [1.54, 1.807) is 0 Å². The highest BCUT2D eigenvalue weighted by Gasteiger charge is 2.08. The molecule has 2 N–H and O–H groups in total. The molecule has 0 spiro atoms.